The lowest BCUT2D eigenvalue weighted by atomic mass is 9.78. The molecule has 78 valence electrons. The molecule has 1 saturated carbocycles. The quantitative estimate of drug-likeness (QED) is 0.635. The molecule has 0 amide bonds. The highest BCUT2D eigenvalue weighted by Gasteiger charge is 2.33. The van der Waals surface area contributed by atoms with Crippen molar-refractivity contribution in [1.29, 1.82) is 0 Å². The first-order valence-corrected chi connectivity index (χ1v) is 6.14. The minimum absolute atomic E-state index is 0.988. The molecule has 1 heterocycles. The second-order valence-corrected chi connectivity index (χ2v) is 4.14. The van der Waals surface area contributed by atoms with E-state index in [9.17, 15) is 0 Å². The van der Waals surface area contributed by atoms with Gasteiger partial charge in [0.2, 0.25) is 0 Å². The summed E-state index contributed by atoms with van der Waals surface area (Å²) in [6.45, 7) is 9.10. The van der Waals surface area contributed by atoms with Crippen molar-refractivity contribution in [2.45, 2.75) is 58.9 Å². The molecule has 0 aromatic heterocycles. The highest BCUT2D eigenvalue weighted by Crippen LogP contribution is 2.35. The van der Waals surface area contributed by atoms with Crippen LogP contribution in [0.2, 0.25) is 0 Å². The lowest BCUT2D eigenvalue weighted by Gasteiger charge is -2.40. The molecule has 0 radical (unpaired) electrons. The molecule has 0 bridgehead atoms. The topological polar surface area (TPSA) is 3.24 Å². The van der Waals surface area contributed by atoms with Crippen LogP contribution >= 0.6 is 0 Å². The first-order chi connectivity index (χ1) is 6.40. The maximum atomic E-state index is 2.70. The van der Waals surface area contributed by atoms with Gasteiger partial charge in [-0.15, -0.1) is 0 Å². The zero-order chi connectivity index (χ0) is 9.68. The Morgan fingerprint density at radius 1 is 1.08 bits per heavy atom. The molecular formula is C12H25N. The van der Waals surface area contributed by atoms with Gasteiger partial charge in [0.1, 0.15) is 0 Å². The lowest BCUT2D eigenvalue weighted by molar-refractivity contribution is 0.0976. The van der Waals surface area contributed by atoms with Gasteiger partial charge in [-0.2, -0.15) is 0 Å². The van der Waals surface area contributed by atoms with Gasteiger partial charge in [0.25, 0.3) is 0 Å². The molecular weight excluding hydrogens is 158 g/mol. The van der Waals surface area contributed by atoms with Crippen LogP contribution in [0, 0.1) is 5.92 Å². The van der Waals surface area contributed by atoms with Crippen molar-refractivity contribution in [2.75, 3.05) is 13.1 Å². The molecule has 0 unspecified atom stereocenters. The summed E-state index contributed by atoms with van der Waals surface area (Å²) < 4.78 is 0. The first kappa shape index (κ1) is 11.0. The van der Waals surface area contributed by atoms with E-state index in [2.05, 4.69) is 11.8 Å². The van der Waals surface area contributed by atoms with Gasteiger partial charge in [-0.25, -0.2) is 0 Å². The van der Waals surface area contributed by atoms with E-state index >= 15 is 0 Å². The molecule has 2 aliphatic rings. The average molecular weight is 183 g/mol. The third-order valence-corrected chi connectivity index (χ3v) is 3.45. The standard InChI is InChI=1S/C10H19N.C2H6/c1-2-9-7-10(8-9)11-5-3-4-6-11;1-2/h9-10H,2-8H2,1H3;1-2H3. The zero-order valence-corrected chi connectivity index (χ0v) is 9.55. The van der Waals surface area contributed by atoms with E-state index in [1.165, 1.54) is 45.2 Å². The van der Waals surface area contributed by atoms with Crippen molar-refractivity contribution >= 4 is 0 Å². The van der Waals surface area contributed by atoms with E-state index in [4.69, 9.17) is 0 Å². The normalized spacial score (nSPS) is 33.5. The van der Waals surface area contributed by atoms with Crippen LogP contribution in [0.5, 0.6) is 0 Å². The molecule has 0 atom stereocenters. The van der Waals surface area contributed by atoms with Crippen molar-refractivity contribution in [3.8, 4) is 0 Å². The second kappa shape index (κ2) is 5.64. The van der Waals surface area contributed by atoms with Gasteiger partial charge in [0.15, 0.2) is 0 Å². The Morgan fingerprint density at radius 3 is 2.08 bits per heavy atom. The van der Waals surface area contributed by atoms with E-state index in [0.29, 0.717) is 0 Å². The predicted molar refractivity (Wildman–Crippen MR) is 59.0 cm³/mol. The number of hydrogen-bond acceptors (Lipinski definition) is 1. The minimum atomic E-state index is 0.988. The van der Waals surface area contributed by atoms with Gasteiger partial charge in [0.05, 0.1) is 0 Å². The van der Waals surface area contributed by atoms with Crippen LogP contribution in [0.15, 0.2) is 0 Å². The average Bonchev–Trinajstić information content (AvgIpc) is 2.59. The van der Waals surface area contributed by atoms with Crippen molar-refractivity contribution in [3.63, 3.8) is 0 Å². The van der Waals surface area contributed by atoms with E-state index in [0.717, 1.165) is 12.0 Å². The van der Waals surface area contributed by atoms with Crippen molar-refractivity contribution in [3.05, 3.63) is 0 Å². The summed E-state index contributed by atoms with van der Waals surface area (Å²) >= 11 is 0. The Labute approximate surface area is 83.5 Å². The van der Waals surface area contributed by atoms with Crippen LogP contribution in [0.1, 0.15) is 52.9 Å². The summed E-state index contributed by atoms with van der Waals surface area (Å²) in [5.74, 6) is 1.07. The molecule has 1 aliphatic carbocycles. The van der Waals surface area contributed by atoms with Crippen molar-refractivity contribution < 1.29 is 0 Å². The van der Waals surface area contributed by atoms with E-state index < -0.39 is 0 Å². The first-order valence-electron chi connectivity index (χ1n) is 6.14. The molecule has 1 saturated heterocycles. The molecule has 0 aromatic carbocycles. The summed E-state index contributed by atoms with van der Waals surface area (Å²) in [6, 6.07) is 0.988. The SMILES string of the molecule is CC.CCC1CC(N2CCCC2)C1. The number of nitrogens with zero attached hydrogens (tertiary/aromatic N) is 1. The monoisotopic (exact) mass is 183 g/mol. The smallest absolute Gasteiger partial charge is 0.0100 e. The molecule has 0 aromatic rings. The zero-order valence-electron chi connectivity index (χ0n) is 9.55. The van der Waals surface area contributed by atoms with Crippen LogP contribution < -0.4 is 0 Å². The Hall–Kier alpha value is -0.0400. The van der Waals surface area contributed by atoms with Crippen LogP contribution in [0.3, 0.4) is 0 Å². The largest absolute Gasteiger partial charge is 0.300 e. The fourth-order valence-electron chi connectivity index (χ4n) is 2.44. The molecule has 1 nitrogen and oxygen atoms in total. The van der Waals surface area contributed by atoms with Crippen LogP contribution in [0.4, 0.5) is 0 Å². The Bertz CT molecular complexity index is 121. The summed E-state index contributed by atoms with van der Waals surface area (Å²) in [5.41, 5.74) is 0. The van der Waals surface area contributed by atoms with Crippen LogP contribution in [-0.4, -0.2) is 24.0 Å². The minimum Gasteiger partial charge on any atom is -0.300 e. The van der Waals surface area contributed by atoms with Crippen molar-refractivity contribution in [1.82, 2.24) is 4.90 Å². The number of hydrogen-bond donors (Lipinski definition) is 0. The Balaban J connectivity index is 0.000000396. The maximum Gasteiger partial charge on any atom is 0.0100 e. The lowest BCUT2D eigenvalue weighted by Crippen LogP contribution is -2.42. The van der Waals surface area contributed by atoms with E-state index in [-0.39, 0.29) is 0 Å². The summed E-state index contributed by atoms with van der Waals surface area (Å²) in [6.07, 6.45) is 7.30. The highest BCUT2D eigenvalue weighted by atomic mass is 15.2. The predicted octanol–water partition coefficient (Wildman–Crippen LogP) is 3.30. The van der Waals surface area contributed by atoms with Gasteiger partial charge in [0, 0.05) is 6.04 Å². The van der Waals surface area contributed by atoms with Gasteiger partial charge >= 0.3 is 0 Å². The fourth-order valence-corrected chi connectivity index (χ4v) is 2.44. The highest BCUT2D eigenvalue weighted by molar-refractivity contribution is 4.88. The number of rotatable bonds is 2. The molecule has 0 spiro atoms. The number of likely N-dealkylation sites (tertiary alicyclic amines) is 1. The summed E-state index contributed by atoms with van der Waals surface area (Å²) in [7, 11) is 0. The Kier molecular flexibility index (Phi) is 4.79. The van der Waals surface area contributed by atoms with Crippen molar-refractivity contribution in [2.24, 2.45) is 5.92 Å². The van der Waals surface area contributed by atoms with Gasteiger partial charge in [-0.1, -0.05) is 27.2 Å². The maximum absolute atomic E-state index is 2.70. The summed E-state index contributed by atoms with van der Waals surface area (Å²) in [4.78, 5) is 2.70. The Morgan fingerprint density at radius 2 is 1.62 bits per heavy atom. The van der Waals surface area contributed by atoms with E-state index in [1.54, 1.807) is 0 Å². The summed E-state index contributed by atoms with van der Waals surface area (Å²) in [5, 5.41) is 0. The third kappa shape index (κ3) is 2.70. The van der Waals surface area contributed by atoms with Crippen LogP contribution in [-0.2, 0) is 0 Å². The van der Waals surface area contributed by atoms with Crippen LogP contribution in [0.25, 0.3) is 0 Å². The molecule has 0 N–H and O–H groups in total. The van der Waals surface area contributed by atoms with E-state index in [1.807, 2.05) is 13.8 Å². The molecule has 2 fully saturated rings. The van der Waals surface area contributed by atoms with Gasteiger partial charge < -0.3 is 4.90 Å². The molecule has 1 aliphatic heterocycles. The molecule has 13 heavy (non-hydrogen) atoms. The third-order valence-electron chi connectivity index (χ3n) is 3.45. The van der Waals surface area contributed by atoms with Gasteiger partial charge in [-0.3, -0.25) is 0 Å². The fraction of sp³-hybridized carbons (Fsp3) is 1.00. The molecule has 1 heteroatoms. The second-order valence-electron chi connectivity index (χ2n) is 4.14. The van der Waals surface area contributed by atoms with Gasteiger partial charge in [-0.05, 0) is 44.7 Å². The molecule has 2 rings (SSSR count).